The number of nitrogens with one attached hydrogen (secondary N) is 1. The summed E-state index contributed by atoms with van der Waals surface area (Å²) in [4.78, 5) is 46.4. The minimum absolute atomic E-state index is 0.0430. The number of rotatable bonds is 7. The molecule has 2 aromatic carbocycles. The summed E-state index contributed by atoms with van der Waals surface area (Å²) in [6.45, 7) is -0.511. The van der Waals surface area contributed by atoms with E-state index in [2.05, 4.69) is 5.43 Å². The molecule has 0 radical (unpaired) electrons. The lowest BCUT2D eigenvalue weighted by molar-refractivity contribution is -0.385. The molecule has 0 spiro atoms. The number of nitro groups is 1. The van der Waals surface area contributed by atoms with Crippen molar-refractivity contribution in [3.8, 4) is 5.75 Å². The van der Waals surface area contributed by atoms with Gasteiger partial charge in [-0.15, -0.1) is 0 Å². The third-order valence-corrected chi connectivity index (χ3v) is 5.17. The van der Waals surface area contributed by atoms with Crippen molar-refractivity contribution in [3.05, 3.63) is 74.7 Å². The minimum atomic E-state index is -1.12. The molecule has 0 bridgehead atoms. The quantitative estimate of drug-likeness (QED) is 0.277. The van der Waals surface area contributed by atoms with Gasteiger partial charge in [0.15, 0.2) is 10.9 Å². The Labute approximate surface area is 184 Å². The summed E-state index contributed by atoms with van der Waals surface area (Å²) in [5.41, 5.74) is 2.23. The molecule has 0 aliphatic carbocycles. The van der Waals surface area contributed by atoms with E-state index in [-0.39, 0.29) is 14.8 Å². The van der Waals surface area contributed by atoms with Gasteiger partial charge in [-0.05, 0) is 42.1 Å². The van der Waals surface area contributed by atoms with Crippen LogP contribution in [-0.4, -0.2) is 43.7 Å². The molecule has 2 aromatic rings. The number of benzene rings is 2. The van der Waals surface area contributed by atoms with E-state index in [0.29, 0.717) is 11.3 Å². The van der Waals surface area contributed by atoms with E-state index in [9.17, 15) is 24.5 Å². The van der Waals surface area contributed by atoms with Crippen molar-refractivity contribution in [1.29, 1.82) is 0 Å². The first-order valence-electron chi connectivity index (χ1n) is 8.53. The van der Waals surface area contributed by atoms with Crippen LogP contribution in [0.4, 0.5) is 5.69 Å². The lowest BCUT2D eigenvalue weighted by Crippen LogP contribution is -2.45. The number of thiocarbonyl (C=S) groups is 1. The Morgan fingerprint density at radius 1 is 1.26 bits per heavy atom. The lowest BCUT2D eigenvalue weighted by Gasteiger charge is -2.15. The fourth-order valence-corrected chi connectivity index (χ4v) is 3.72. The highest BCUT2D eigenvalue weighted by Crippen LogP contribution is 2.32. The summed E-state index contributed by atoms with van der Waals surface area (Å²) < 4.78 is 5.15. The lowest BCUT2D eigenvalue weighted by atomic mass is 10.2. The third kappa shape index (κ3) is 5.24. The van der Waals surface area contributed by atoms with Crippen LogP contribution in [-0.2, 0) is 9.59 Å². The Morgan fingerprint density at radius 3 is 2.71 bits per heavy atom. The van der Waals surface area contributed by atoms with Crippen LogP contribution in [0.15, 0.2) is 53.4 Å². The average molecular weight is 459 g/mol. The van der Waals surface area contributed by atoms with Crippen LogP contribution >= 0.6 is 24.0 Å². The Kier molecular flexibility index (Phi) is 6.62. The molecule has 0 atom stereocenters. The average Bonchev–Trinajstić information content (AvgIpc) is 2.99. The molecule has 1 aliphatic rings. The highest BCUT2D eigenvalue weighted by Gasteiger charge is 2.34. The number of carbonyl (C=O) groups is 3. The van der Waals surface area contributed by atoms with Crippen LogP contribution in [0.1, 0.15) is 15.9 Å². The number of hydrazine groups is 1. The molecule has 10 nitrogen and oxygen atoms in total. The molecule has 0 unspecified atom stereocenters. The molecule has 2 N–H and O–H groups in total. The summed E-state index contributed by atoms with van der Waals surface area (Å²) in [5, 5.41) is 20.7. The van der Waals surface area contributed by atoms with Crippen molar-refractivity contribution in [2.24, 2.45) is 0 Å². The second-order valence-corrected chi connectivity index (χ2v) is 7.66. The number of para-hydroxylation sites is 1. The summed E-state index contributed by atoms with van der Waals surface area (Å²) in [6.07, 6.45) is 1.50. The van der Waals surface area contributed by atoms with Gasteiger partial charge in [0.05, 0.1) is 9.83 Å². The first kappa shape index (κ1) is 21.9. The summed E-state index contributed by atoms with van der Waals surface area (Å²) in [5.74, 6) is -2.29. The van der Waals surface area contributed by atoms with Crippen molar-refractivity contribution in [2.75, 3.05) is 6.61 Å². The molecular formula is C19H13N3O7S2. The largest absolute Gasteiger partial charge is 0.482 e. The molecule has 1 fully saturated rings. The molecule has 1 saturated heterocycles. The van der Waals surface area contributed by atoms with Crippen LogP contribution in [0.3, 0.4) is 0 Å². The zero-order valence-electron chi connectivity index (χ0n) is 15.5. The van der Waals surface area contributed by atoms with E-state index in [1.54, 1.807) is 24.3 Å². The molecule has 1 heterocycles. The van der Waals surface area contributed by atoms with Gasteiger partial charge in [-0.1, -0.05) is 36.0 Å². The van der Waals surface area contributed by atoms with Gasteiger partial charge < -0.3 is 9.84 Å². The first-order chi connectivity index (χ1) is 14.8. The zero-order valence-corrected chi connectivity index (χ0v) is 17.1. The number of nitrogens with zero attached hydrogens (tertiary/aromatic N) is 2. The van der Waals surface area contributed by atoms with Crippen LogP contribution in [0.5, 0.6) is 5.75 Å². The van der Waals surface area contributed by atoms with Crippen LogP contribution in [0.2, 0.25) is 0 Å². The number of amides is 2. The number of carbonyl (C=O) groups excluding carboxylic acids is 2. The van der Waals surface area contributed by atoms with Crippen molar-refractivity contribution < 1.29 is 29.2 Å². The van der Waals surface area contributed by atoms with E-state index in [4.69, 9.17) is 22.1 Å². The Balaban J connectivity index is 1.77. The SMILES string of the molecule is O=C(O)COc1cccc(/C=C2/SC(=S)N(NC(=O)c3ccccc3[N+](=O)[O-])C2=O)c1. The van der Waals surface area contributed by atoms with E-state index < -0.39 is 35.0 Å². The summed E-state index contributed by atoms with van der Waals surface area (Å²) >= 11 is 6.08. The molecule has 0 aromatic heterocycles. The molecule has 0 saturated carbocycles. The highest BCUT2D eigenvalue weighted by atomic mass is 32.2. The predicted octanol–water partition coefficient (Wildman–Crippen LogP) is 2.60. The molecule has 2 amide bonds. The predicted molar refractivity (Wildman–Crippen MR) is 115 cm³/mol. The van der Waals surface area contributed by atoms with Gasteiger partial charge >= 0.3 is 5.97 Å². The van der Waals surface area contributed by atoms with Gasteiger partial charge in [0.25, 0.3) is 17.5 Å². The number of thioether (sulfide) groups is 1. The van der Waals surface area contributed by atoms with Gasteiger partial charge in [0, 0.05) is 6.07 Å². The second-order valence-electron chi connectivity index (χ2n) is 5.99. The standard InChI is InChI=1S/C19H13N3O7S2/c23-16(24)10-29-12-5-3-4-11(8-12)9-15-18(26)21(19(30)31-15)20-17(25)13-6-1-2-7-14(13)22(27)28/h1-9H,10H2,(H,20,25)(H,23,24)/b15-9+. The molecule has 1 aliphatic heterocycles. The molecule has 3 rings (SSSR count). The van der Waals surface area contributed by atoms with Crippen LogP contribution in [0, 0.1) is 10.1 Å². The molecular weight excluding hydrogens is 446 g/mol. The maximum atomic E-state index is 12.7. The van der Waals surface area contributed by atoms with Gasteiger partial charge in [0.2, 0.25) is 0 Å². The van der Waals surface area contributed by atoms with E-state index in [1.165, 1.54) is 30.3 Å². The first-order valence-corrected chi connectivity index (χ1v) is 9.76. The smallest absolute Gasteiger partial charge is 0.341 e. The van der Waals surface area contributed by atoms with Crippen LogP contribution in [0.25, 0.3) is 6.08 Å². The summed E-state index contributed by atoms with van der Waals surface area (Å²) in [6, 6.07) is 11.7. The fourth-order valence-electron chi connectivity index (χ4n) is 2.54. The highest BCUT2D eigenvalue weighted by molar-refractivity contribution is 8.26. The van der Waals surface area contributed by atoms with E-state index in [1.807, 2.05) is 0 Å². The van der Waals surface area contributed by atoms with Gasteiger partial charge in [0.1, 0.15) is 11.3 Å². The number of aliphatic carboxylic acids is 1. The number of hydrogen-bond acceptors (Lipinski definition) is 8. The monoisotopic (exact) mass is 459 g/mol. The van der Waals surface area contributed by atoms with E-state index >= 15 is 0 Å². The second kappa shape index (κ2) is 9.36. The molecule has 12 heteroatoms. The van der Waals surface area contributed by atoms with Crippen molar-refractivity contribution in [3.63, 3.8) is 0 Å². The number of nitro benzene ring substituents is 1. The van der Waals surface area contributed by atoms with Gasteiger partial charge in [-0.3, -0.25) is 25.1 Å². The molecule has 158 valence electrons. The third-order valence-electron chi connectivity index (χ3n) is 3.87. The minimum Gasteiger partial charge on any atom is -0.482 e. The van der Waals surface area contributed by atoms with Crippen molar-refractivity contribution in [2.45, 2.75) is 0 Å². The topological polar surface area (TPSA) is 139 Å². The van der Waals surface area contributed by atoms with Gasteiger partial charge in [-0.2, -0.15) is 5.01 Å². The van der Waals surface area contributed by atoms with E-state index in [0.717, 1.165) is 16.8 Å². The maximum Gasteiger partial charge on any atom is 0.341 e. The summed E-state index contributed by atoms with van der Waals surface area (Å²) in [7, 11) is 0. The Bertz CT molecular complexity index is 1130. The Hall–Kier alpha value is -3.77. The maximum absolute atomic E-state index is 12.7. The number of carboxylic acid groups (broad SMARTS) is 1. The normalized spacial score (nSPS) is 14.6. The van der Waals surface area contributed by atoms with Crippen molar-refractivity contribution >= 4 is 57.8 Å². The number of hydrogen-bond donors (Lipinski definition) is 2. The number of carboxylic acids is 1. The van der Waals surface area contributed by atoms with Gasteiger partial charge in [-0.25, -0.2) is 4.79 Å². The Morgan fingerprint density at radius 2 is 2.00 bits per heavy atom. The zero-order chi connectivity index (χ0) is 22.5. The van der Waals surface area contributed by atoms with Crippen LogP contribution < -0.4 is 10.2 Å². The molecule has 31 heavy (non-hydrogen) atoms. The fraction of sp³-hybridized carbons (Fsp3) is 0.0526. The van der Waals surface area contributed by atoms with Crippen molar-refractivity contribution in [1.82, 2.24) is 10.4 Å². The number of ether oxygens (including phenoxy) is 1.